The fourth-order valence-corrected chi connectivity index (χ4v) is 2.56. The quantitative estimate of drug-likeness (QED) is 0.628. The summed E-state index contributed by atoms with van der Waals surface area (Å²) in [5.74, 6) is 0.782. The maximum Gasteiger partial charge on any atom is 0.373 e. The Kier molecular flexibility index (Phi) is 4.57. The third-order valence-electron chi connectivity index (χ3n) is 3.99. The number of hydrogen-bond acceptors (Lipinski definition) is 7. The lowest BCUT2D eigenvalue weighted by Crippen LogP contribution is -2.45. The second-order valence-corrected chi connectivity index (χ2v) is 5.81. The molecule has 3 rings (SSSR count). The molecule has 1 aliphatic heterocycles. The number of aryl methyl sites for hydroxylation is 1. The van der Waals surface area contributed by atoms with Crippen LogP contribution >= 0.6 is 0 Å². The van der Waals surface area contributed by atoms with Gasteiger partial charge in [0.1, 0.15) is 12.1 Å². The standard InChI is InChI=1S/C16H19N5O3/c1-12-3-5-13(6-4-12)24-16-14(21(22)23)15(17-11-18-16)20-9-7-19(2)8-10-20/h3-6,11H,7-10H2,1-2H3. The fraction of sp³-hybridized carbons (Fsp3) is 0.375. The van der Waals surface area contributed by atoms with Gasteiger partial charge in [-0.3, -0.25) is 10.1 Å². The summed E-state index contributed by atoms with van der Waals surface area (Å²) in [5, 5.41) is 11.6. The number of rotatable bonds is 4. The highest BCUT2D eigenvalue weighted by molar-refractivity contribution is 5.63. The number of nitro groups is 1. The molecule has 2 heterocycles. The molecule has 0 amide bonds. The topological polar surface area (TPSA) is 84.6 Å². The number of ether oxygens (including phenoxy) is 1. The molecular weight excluding hydrogens is 310 g/mol. The van der Waals surface area contributed by atoms with E-state index < -0.39 is 4.92 Å². The first-order chi connectivity index (χ1) is 11.5. The molecule has 0 atom stereocenters. The second kappa shape index (κ2) is 6.79. The van der Waals surface area contributed by atoms with Gasteiger partial charge < -0.3 is 14.5 Å². The molecule has 8 heteroatoms. The third-order valence-corrected chi connectivity index (χ3v) is 3.99. The number of benzene rings is 1. The summed E-state index contributed by atoms with van der Waals surface area (Å²) >= 11 is 0. The monoisotopic (exact) mass is 329 g/mol. The van der Waals surface area contributed by atoms with Crippen molar-refractivity contribution in [3.63, 3.8) is 0 Å². The molecule has 2 aromatic rings. The molecular formula is C16H19N5O3. The van der Waals surface area contributed by atoms with Crippen LogP contribution in [0.5, 0.6) is 11.6 Å². The molecule has 1 aromatic carbocycles. The van der Waals surface area contributed by atoms with E-state index in [-0.39, 0.29) is 11.6 Å². The summed E-state index contributed by atoms with van der Waals surface area (Å²) in [6, 6.07) is 7.28. The van der Waals surface area contributed by atoms with Crippen molar-refractivity contribution in [1.29, 1.82) is 0 Å². The van der Waals surface area contributed by atoms with E-state index in [9.17, 15) is 10.1 Å². The van der Waals surface area contributed by atoms with E-state index in [2.05, 4.69) is 14.9 Å². The highest BCUT2D eigenvalue weighted by atomic mass is 16.6. The van der Waals surface area contributed by atoms with E-state index in [1.165, 1.54) is 6.33 Å². The van der Waals surface area contributed by atoms with Gasteiger partial charge >= 0.3 is 11.6 Å². The minimum atomic E-state index is -0.475. The van der Waals surface area contributed by atoms with Crippen LogP contribution in [0, 0.1) is 17.0 Å². The second-order valence-electron chi connectivity index (χ2n) is 5.81. The summed E-state index contributed by atoms with van der Waals surface area (Å²) in [6.07, 6.45) is 1.31. The molecule has 8 nitrogen and oxygen atoms in total. The molecule has 0 spiro atoms. The van der Waals surface area contributed by atoms with Crippen molar-refractivity contribution < 1.29 is 9.66 Å². The van der Waals surface area contributed by atoms with Gasteiger partial charge in [-0.05, 0) is 26.1 Å². The molecule has 0 radical (unpaired) electrons. The van der Waals surface area contributed by atoms with Crippen LogP contribution < -0.4 is 9.64 Å². The van der Waals surface area contributed by atoms with Crippen molar-refractivity contribution in [2.75, 3.05) is 38.1 Å². The summed E-state index contributed by atoms with van der Waals surface area (Å²) in [6.45, 7) is 4.98. The van der Waals surface area contributed by atoms with Crippen molar-refractivity contribution in [1.82, 2.24) is 14.9 Å². The van der Waals surface area contributed by atoms with Gasteiger partial charge in [0.05, 0.1) is 4.92 Å². The van der Waals surface area contributed by atoms with Gasteiger partial charge in [0.2, 0.25) is 5.82 Å². The van der Waals surface area contributed by atoms with E-state index in [0.717, 1.165) is 18.7 Å². The molecule has 1 saturated heterocycles. The van der Waals surface area contributed by atoms with Crippen LogP contribution in [0.3, 0.4) is 0 Å². The van der Waals surface area contributed by atoms with Crippen molar-refractivity contribution in [3.05, 3.63) is 46.3 Å². The van der Waals surface area contributed by atoms with Crippen molar-refractivity contribution in [3.8, 4) is 11.6 Å². The zero-order valence-corrected chi connectivity index (χ0v) is 13.7. The van der Waals surface area contributed by atoms with Gasteiger partial charge in [-0.1, -0.05) is 17.7 Å². The number of nitrogens with zero attached hydrogens (tertiary/aromatic N) is 5. The number of aromatic nitrogens is 2. The van der Waals surface area contributed by atoms with Crippen LogP contribution in [0.15, 0.2) is 30.6 Å². The molecule has 1 fully saturated rings. The average Bonchev–Trinajstić information content (AvgIpc) is 2.57. The van der Waals surface area contributed by atoms with Crippen molar-refractivity contribution >= 4 is 11.5 Å². The van der Waals surface area contributed by atoms with Gasteiger partial charge in [0, 0.05) is 26.2 Å². The molecule has 0 bridgehead atoms. The molecule has 24 heavy (non-hydrogen) atoms. The smallest absolute Gasteiger partial charge is 0.373 e. The van der Waals surface area contributed by atoms with Crippen LogP contribution in [-0.4, -0.2) is 53.0 Å². The molecule has 1 aromatic heterocycles. The first-order valence-electron chi connectivity index (χ1n) is 7.72. The largest absolute Gasteiger partial charge is 0.434 e. The predicted octanol–water partition coefficient (Wildman–Crippen LogP) is 2.24. The maximum atomic E-state index is 11.6. The lowest BCUT2D eigenvalue weighted by atomic mass is 10.2. The molecule has 0 N–H and O–H groups in total. The Balaban J connectivity index is 1.93. The summed E-state index contributed by atoms with van der Waals surface area (Å²) < 4.78 is 5.65. The Morgan fingerprint density at radius 3 is 2.42 bits per heavy atom. The zero-order chi connectivity index (χ0) is 17.1. The highest BCUT2D eigenvalue weighted by Gasteiger charge is 2.30. The Morgan fingerprint density at radius 1 is 1.12 bits per heavy atom. The number of hydrogen-bond donors (Lipinski definition) is 0. The molecule has 0 saturated carbocycles. The van der Waals surface area contributed by atoms with Gasteiger partial charge in [0.15, 0.2) is 0 Å². The van der Waals surface area contributed by atoms with E-state index in [0.29, 0.717) is 24.7 Å². The summed E-state index contributed by atoms with van der Waals surface area (Å²) in [4.78, 5) is 23.3. The van der Waals surface area contributed by atoms with Gasteiger partial charge in [0.25, 0.3) is 0 Å². The van der Waals surface area contributed by atoms with Crippen LogP contribution in [0.1, 0.15) is 5.56 Å². The number of anilines is 1. The predicted molar refractivity (Wildman–Crippen MR) is 89.6 cm³/mol. The first-order valence-corrected chi connectivity index (χ1v) is 7.72. The third kappa shape index (κ3) is 3.43. The molecule has 0 aliphatic carbocycles. The van der Waals surface area contributed by atoms with Gasteiger partial charge in [-0.25, -0.2) is 4.98 Å². The van der Waals surface area contributed by atoms with E-state index >= 15 is 0 Å². The summed E-state index contributed by atoms with van der Waals surface area (Å²) in [5.41, 5.74) is 0.889. The Labute approximate surface area is 139 Å². The number of likely N-dealkylation sites (N-methyl/N-ethyl adjacent to an activating group) is 1. The molecule has 0 unspecified atom stereocenters. The van der Waals surface area contributed by atoms with Crippen molar-refractivity contribution in [2.45, 2.75) is 6.92 Å². The lowest BCUT2D eigenvalue weighted by molar-refractivity contribution is -0.385. The minimum Gasteiger partial charge on any atom is -0.434 e. The van der Waals surface area contributed by atoms with E-state index in [1.807, 2.05) is 31.0 Å². The normalized spacial score (nSPS) is 15.3. The van der Waals surface area contributed by atoms with Crippen molar-refractivity contribution in [2.24, 2.45) is 0 Å². The summed E-state index contributed by atoms with van der Waals surface area (Å²) in [7, 11) is 2.03. The first kappa shape index (κ1) is 16.1. The molecule has 1 aliphatic rings. The van der Waals surface area contributed by atoms with Crippen LogP contribution in [0.4, 0.5) is 11.5 Å². The highest BCUT2D eigenvalue weighted by Crippen LogP contribution is 2.36. The Morgan fingerprint density at radius 2 is 1.79 bits per heavy atom. The van der Waals surface area contributed by atoms with Gasteiger partial charge in [-0.2, -0.15) is 4.98 Å². The van der Waals surface area contributed by atoms with Gasteiger partial charge in [-0.15, -0.1) is 0 Å². The van der Waals surface area contributed by atoms with Crippen LogP contribution in [0.2, 0.25) is 0 Å². The fourth-order valence-electron chi connectivity index (χ4n) is 2.56. The zero-order valence-electron chi connectivity index (χ0n) is 13.7. The maximum absolute atomic E-state index is 11.6. The minimum absolute atomic E-state index is 0.0345. The van der Waals surface area contributed by atoms with E-state index in [4.69, 9.17) is 4.74 Å². The Bertz CT molecular complexity index is 727. The lowest BCUT2D eigenvalue weighted by Gasteiger charge is -2.32. The van der Waals surface area contributed by atoms with E-state index in [1.54, 1.807) is 12.1 Å². The van der Waals surface area contributed by atoms with Crippen LogP contribution in [-0.2, 0) is 0 Å². The molecule has 126 valence electrons. The Hall–Kier alpha value is -2.74. The average molecular weight is 329 g/mol. The number of piperazine rings is 1. The van der Waals surface area contributed by atoms with Crippen LogP contribution in [0.25, 0.3) is 0 Å². The SMILES string of the molecule is Cc1ccc(Oc2ncnc(N3CCN(C)CC3)c2[N+](=O)[O-])cc1.